The quantitative estimate of drug-likeness (QED) is 0.944. The molecule has 1 amide bonds. The molecule has 0 atom stereocenters. The molecule has 0 fully saturated rings. The summed E-state index contributed by atoms with van der Waals surface area (Å²) in [6.45, 7) is 0. The van der Waals surface area contributed by atoms with Gasteiger partial charge in [-0.25, -0.2) is 4.98 Å². The summed E-state index contributed by atoms with van der Waals surface area (Å²) in [4.78, 5) is 20.7. The highest BCUT2D eigenvalue weighted by molar-refractivity contribution is 9.10. The minimum Gasteiger partial charge on any atom is -0.367 e. The van der Waals surface area contributed by atoms with E-state index >= 15 is 0 Å². The number of nitrogens with one attached hydrogen (secondary N) is 1. The number of hydrogen-bond acceptors (Lipinski definition) is 2. The van der Waals surface area contributed by atoms with Gasteiger partial charge in [-0.15, -0.1) is 0 Å². The molecule has 0 unspecified atom stereocenters. The van der Waals surface area contributed by atoms with Crippen LogP contribution in [-0.2, 0) is 11.2 Å². The van der Waals surface area contributed by atoms with Crippen LogP contribution in [0.5, 0.6) is 0 Å². The first-order valence-electron chi connectivity index (χ1n) is 5.66. The van der Waals surface area contributed by atoms with Gasteiger partial charge >= 0.3 is 0 Å². The van der Waals surface area contributed by atoms with E-state index in [1.165, 1.54) is 0 Å². The average Bonchev–Trinajstić information content (AvgIpc) is 2.88. The topological polar surface area (TPSA) is 49.0 Å². The van der Waals surface area contributed by atoms with Crippen molar-refractivity contribution in [1.29, 1.82) is 0 Å². The van der Waals surface area contributed by atoms with Crippen molar-refractivity contribution in [1.82, 2.24) is 9.97 Å². The van der Waals surface area contributed by atoms with Crippen LogP contribution >= 0.6 is 15.9 Å². The SMILES string of the molecule is CN(C(=O)CCc1cc[nH]c1)c1cc(Br)ccn1. The number of aromatic amines is 1. The van der Waals surface area contributed by atoms with Gasteiger partial charge in [-0.2, -0.15) is 0 Å². The van der Waals surface area contributed by atoms with Gasteiger partial charge < -0.3 is 4.98 Å². The number of rotatable bonds is 4. The monoisotopic (exact) mass is 307 g/mol. The number of aromatic nitrogens is 2. The number of H-pyrrole nitrogens is 1. The molecule has 0 aliphatic heterocycles. The molecule has 2 rings (SSSR count). The van der Waals surface area contributed by atoms with Gasteiger partial charge in [0.15, 0.2) is 0 Å². The Labute approximate surface area is 114 Å². The van der Waals surface area contributed by atoms with Crippen molar-refractivity contribution < 1.29 is 4.79 Å². The molecule has 1 N–H and O–H groups in total. The molecule has 4 nitrogen and oxygen atoms in total. The van der Waals surface area contributed by atoms with E-state index in [1.807, 2.05) is 30.6 Å². The molecule has 0 saturated carbocycles. The Kier molecular flexibility index (Phi) is 4.15. The molecule has 0 saturated heterocycles. The van der Waals surface area contributed by atoms with Gasteiger partial charge in [0.25, 0.3) is 0 Å². The van der Waals surface area contributed by atoms with Crippen LogP contribution in [-0.4, -0.2) is 22.9 Å². The summed E-state index contributed by atoms with van der Waals surface area (Å²) in [7, 11) is 1.74. The molecule has 2 aromatic rings. The third-order valence-corrected chi connectivity index (χ3v) is 3.21. The number of amides is 1. The third kappa shape index (κ3) is 3.20. The van der Waals surface area contributed by atoms with E-state index in [0.717, 1.165) is 16.5 Å². The van der Waals surface area contributed by atoms with Crippen LogP contribution in [0.1, 0.15) is 12.0 Å². The first kappa shape index (κ1) is 12.8. The smallest absolute Gasteiger partial charge is 0.228 e. The average molecular weight is 308 g/mol. The number of aryl methyl sites for hydroxylation is 1. The molecule has 0 bridgehead atoms. The number of halogens is 1. The number of carbonyl (C=O) groups is 1. The lowest BCUT2D eigenvalue weighted by molar-refractivity contribution is -0.118. The number of pyridine rings is 1. The van der Waals surface area contributed by atoms with Crippen molar-refractivity contribution in [2.45, 2.75) is 12.8 Å². The Morgan fingerprint density at radius 1 is 1.50 bits per heavy atom. The van der Waals surface area contributed by atoms with E-state index in [-0.39, 0.29) is 5.91 Å². The van der Waals surface area contributed by atoms with Gasteiger partial charge in [0, 0.05) is 36.5 Å². The van der Waals surface area contributed by atoms with Crippen molar-refractivity contribution in [2.24, 2.45) is 0 Å². The zero-order valence-electron chi connectivity index (χ0n) is 10.1. The van der Waals surface area contributed by atoms with Crippen LogP contribution < -0.4 is 4.90 Å². The second-order valence-electron chi connectivity index (χ2n) is 4.00. The fraction of sp³-hybridized carbons (Fsp3) is 0.231. The lowest BCUT2D eigenvalue weighted by atomic mass is 10.2. The van der Waals surface area contributed by atoms with Crippen molar-refractivity contribution in [2.75, 3.05) is 11.9 Å². The van der Waals surface area contributed by atoms with E-state index < -0.39 is 0 Å². The van der Waals surface area contributed by atoms with E-state index in [0.29, 0.717) is 12.2 Å². The standard InChI is InChI=1S/C13H14BrN3O/c1-17(12-8-11(14)5-7-16-12)13(18)3-2-10-4-6-15-9-10/h4-9,15H,2-3H2,1H3. The molecule has 2 aromatic heterocycles. The molecule has 5 heteroatoms. The fourth-order valence-electron chi connectivity index (χ4n) is 1.64. The van der Waals surface area contributed by atoms with E-state index in [2.05, 4.69) is 25.9 Å². The summed E-state index contributed by atoms with van der Waals surface area (Å²) in [6.07, 6.45) is 6.66. The molecule has 0 aromatic carbocycles. The summed E-state index contributed by atoms with van der Waals surface area (Å²) in [5.41, 5.74) is 1.14. The minimum atomic E-state index is 0.0572. The molecular formula is C13H14BrN3O. The Bertz CT molecular complexity index is 525. The van der Waals surface area contributed by atoms with Crippen LogP contribution in [0.25, 0.3) is 0 Å². The summed E-state index contributed by atoms with van der Waals surface area (Å²) >= 11 is 3.37. The number of anilines is 1. The summed E-state index contributed by atoms with van der Waals surface area (Å²) in [6, 6.07) is 5.64. The number of hydrogen-bond donors (Lipinski definition) is 1. The second kappa shape index (κ2) is 5.82. The van der Waals surface area contributed by atoms with Gasteiger partial charge in [0.1, 0.15) is 5.82 Å². The third-order valence-electron chi connectivity index (χ3n) is 2.72. The summed E-state index contributed by atoms with van der Waals surface area (Å²) < 4.78 is 0.915. The molecule has 0 spiro atoms. The van der Waals surface area contributed by atoms with Crippen molar-refractivity contribution in [3.05, 3.63) is 46.8 Å². The Morgan fingerprint density at radius 3 is 3.00 bits per heavy atom. The molecule has 0 aliphatic rings. The zero-order valence-corrected chi connectivity index (χ0v) is 11.6. The Morgan fingerprint density at radius 2 is 2.33 bits per heavy atom. The van der Waals surface area contributed by atoms with Crippen LogP contribution in [0.3, 0.4) is 0 Å². The van der Waals surface area contributed by atoms with Crippen LogP contribution in [0.4, 0.5) is 5.82 Å². The van der Waals surface area contributed by atoms with Gasteiger partial charge in [0.05, 0.1) is 0 Å². The normalized spacial score (nSPS) is 10.3. The highest BCUT2D eigenvalue weighted by Gasteiger charge is 2.12. The minimum absolute atomic E-state index is 0.0572. The van der Waals surface area contributed by atoms with Crippen molar-refractivity contribution in [3.63, 3.8) is 0 Å². The number of nitrogens with zero attached hydrogens (tertiary/aromatic N) is 2. The largest absolute Gasteiger partial charge is 0.367 e. The predicted molar refractivity (Wildman–Crippen MR) is 74.5 cm³/mol. The first-order valence-corrected chi connectivity index (χ1v) is 6.46. The maximum atomic E-state index is 12.0. The van der Waals surface area contributed by atoms with Crippen molar-refractivity contribution >= 4 is 27.7 Å². The van der Waals surface area contributed by atoms with E-state index in [4.69, 9.17) is 0 Å². The molecule has 0 radical (unpaired) electrons. The van der Waals surface area contributed by atoms with E-state index in [1.54, 1.807) is 18.1 Å². The Hall–Kier alpha value is -1.62. The number of carbonyl (C=O) groups excluding carboxylic acids is 1. The first-order chi connectivity index (χ1) is 8.66. The maximum absolute atomic E-state index is 12.0. The van der Waals surface area contributed by atoms with Gasteiger partial charge in [-0.05, 0) is 30.2 Å². The molecule has 2 heterocycles. The zero-order chi connectivity index (χ0) is 13.0. The highest BCUT2D eigenvalue weighted by atomic mass is 79.9. The molecular weight excluding hydrogens is 294 g/mol. The van der Waals surface area contributed by atoms with E-state index in [9.17, 15) is 4.79 Å². The van der Waals surface area contributed by atoms with Crippen LogP contribution in [0.15, 0.2) is 41.3 Å². The summed E-state index contributed by atoms with van der Waals surface area (Å²) in [5, 5.41) is 0. The lowest BCUT2D eigenvalue weighted by Crippen LogP contribution is -2.27. The Balaban J connectivity index is 1.96. The maximum Gasteiger partial charge on any atom is 0.228 e. The molecule has 94 valence electrons. The second-order valence-corrected chi connectivity index (χ2v) is 4.92. The van der Waals surface area contributed by atoms with Crippen LogP contribution in [0.2, 0.25) is 0 Å². The van der Waals surface area contributed by atoms with Crippen LogP contribution in [0, 0.1) is 0 Å². The van der Waals surface area contributed by atoms with Gasteiger partial charge in [-0.1, -0.05) is 15.9 Å². The lowest BCUT2D eigenvalue weighted by Gasteiger charge is -2.16. The molecule has 18 heavy (non-hydrogen) atoms. The predicted octanol–water partition coefficient (Wildman–Crippen LogP) is 2.77. The van der Waals surface area contributed by atoms with Crippen molar-refractivity contribution in [3.8, 4) is 0 Å². The highest BCUT2D eigenvalue weighted by Crippen LogP contribution is 2.16. The van der Waals surface area contributed by atoms with Gasteiger partial charge in [-0.3, -0.25) is 9.69 Å². The summed E-state index contributed by atoms with van der Waals surface area (Å²) in [5.74, 6) is 0.713. The molecule has 0 aliphatic carbocycles. The fourth-order valence-corrected chi connectivity index (χ4v) is 1.96. The van der Waals surface area contributed by atoms with Gasteiger partial charge in [0.2, 0.25) is 5.91 Å².